The Labute approximate surface area is 97.1 Å². The maximum absolute atomic E-state index is 9.41. The van der Waals surface area contributed by atoms with Crippen LogP contribution in [-0.4, -0.2) is 40.7 Å². The summed E-state index contributed by atoms with van der Waals surface area (Å²) in [5, 5.41) is 9.41. The minimum Gasteiger partial charge on any atom is -0.392 e. The molecule has 0 saturated heterocycles. The van der Waals surface area contributed by atoms with Crippen molar-refractivity contribution in [3.05, 3.63) is 30.1 Å². The number of nitrogens with zero attached hydrogens (tertiary/aromatic N) is 2. The Kier molecular flexibility index (Phi) is 4.86. The van der Waals surface area contributed by atoms with Crippen LogP contribution in [0.5, 0.6) is 0 Å². The third-order valence-electron chi connectivity index (χ3n) is 2.57. The van der Waals surface area contributed by atoms with Crippen molar-refractivity contribution in [3.8, 4) is 0 Å². The fourth-order valence-electron chi connectivity index (χ4n) is 2.05. The van der Waals surface area contributed by atoms with Crippen LogP contribution >= 0.6 is 0 Å². The lowest BCUT2D eigenvalue weighted by atomic mass is 10.0. The SMILES string of the molecule is CC(O)CN(C)C(c1ccncc1)C(C)N. The molecule has 1 heterocycles. The molecule has 0 aliphatic carbocycles. The highest BCUT2D eigenvalue weighted by Crippen LogP contribution is 2.21. The molecule has 90 valence electrons. The van der Waals surface area contributed by atoms with Gasteiger partial charge < -0.3 is 10.8 Å². The van der Waals surface area contributed by atoms with Gasteiger partial charge in [0.25, 0.3) is 0 Å². The van der Waals surface area contributed by atoms with Crippen molar-refractivity contribution in [1.82, 2.24) is 9.88 Å². The number of aromatic nitrogens is 1. The summed E-state index contributed by atoms with van der Waals surface area (Å²) in [7, 11) is 1.97. The maximum Gasteiger partial charge on any atom is 0.0639 e. The Balaban J connectivity index is 2.83. The molecule has 0 spiro atoms. The van der Waals surface area contributed by atoms with Crippen LogP contribution in [0.4, 0.5) is 0 Å². The standard InChI is InChI=1S/C12H21N3O/c1-9(16)8-15(3)12(10(2)13)11-4-6-14-7-5-11/h4-7,9-10,12,16H,8,13H2,1-3H3. The summed E-state index contributed by atoms with van der Waals surface area (Å²) in [4.78, 5) is 6.07. The van der Waals surface area contributed by atoms with Crippen LogP contribution in [0.3, 0.4) is 0 Å². The molecule has 4 nitrogen and oxygen atoms in total. The van der Waals surface area contributed by atoms with Crippen LogP contribution in [0.25, 0.3) is 0 Å². The van der Waals surface area contributed by atoms with Crippen molar-refractivity contribution in [3.63, 3.8) is 0 Å². The van der Waals surface area contributed by atoms with Gasteiger partial charge in [-0.3, -0.25) is 9.88 Å². The summed E-state index contributed by atoms with van der Waals surface area (Å²) >= 11 is 0. The van der Waals surface area contributed by atoms with E-state index < -0.39 is 0 Å². The maximum atomic E-state index is 9.41. The molecule has 0 aliphatic heterocycles. The van der Waals surface area contributed by atoms with Crippen molar-refractivity contribution in [2.75, 3.05) is 13.6 Å². The van der Waals surface area contributed by atoms with Gasteiger partial charge in [-0.15, -0.1) is 0 Å². The van der Waals surface area contributed by atoms with E-state index in [0.29, 0.717) is 6.54 Å². The summed E-state index contributed by atoms with van der Waals surface area (Å²) in [6.07, 6.45) is 3.18. The Morgan fingerprint density at radius 2 is 1.94 bits per heavy atom. The van der Waals surface area contributed by atoms with Crippen molar-refractivity contribution in [1.29, 1.82) is 0 Å². The normalized spacial score (nSPS) is 17.1. The molecular weight excluding hydrogens is 202 g/mol. The molecule has 3 N–H and O–H groups in total. The second-order valence-electron chi connectivity index (χ2n) is 4.37. The van der Waals surface area contributed by atoms with Crippen molar-refractivity contribution in [2.45, 2.75) is 32.0 Å². The Bertz CT molecular complexity index is 300. The number of pyridine rings is 1. The minimum absolute atomic E-state index is 0.00569. The molecule has 1 aromatic rings. The van der Waals surface area contributed by atoms with Gasteiger partial charge in [0, 0.05) is 31.0 Å². The molecule has 4 heteroatoms. The number of rotatable bonds is 5. The molecule has 0 aromatic carbocycles. The van der Waals surface area contributed by atoms with Gasteiger partial charge in [-0.25, -0.2) is 0 Å². The molecule has 0 aliphatic rings. The highest BCUT2D eigenvalue weighted by molar-refractivity contribution is 5.16. The molecule has 1 aromatic heterocycles. The van der Waals surface area contributed by atoms with Crippen molar-refractivity contribution in [2.24, 2.45) is 5.73 Å². The molecule has 0 bridgehead atoms. The van der Waals surface area contributed by atoms with Crippen LogP contribution < -0.4 is 5.73 Å². The lowest BCUT2D eigenvalue weighted by Crippen LogP contribution is -2.40. The zero-order chi connectivity index (χ0) is 12.1. The zero-order valence-electron chi connectivity index (χ0n) is 10.2. The third-order valence-corrected chi connectivity index (χ3v) is 2.57. The summed E-state index contributed by atoms with van der Waals surface area (Å²) in [5.74, 6) is 0. The second-order valence-corrected chi connectivity index (χ2v) is 4.37. The molecule has 0 saturated carbocycles. The van der Waals surface area contributed by atoms with Gasteiger partial charge in [0.05, 0.1) is 6.10 Å². The van der Waals surface area contributed by atoms with E-state index in [9.17, 15) is 5.11 Å². The van der Waals surface area contributed by atoms with Crippen LogP contribution in [0.1, 0.15) is 25.5 Å². The lowest BCUT2D eigenvalue weighted by Gasteiger charge is -2.32. The largest absolute Gasteiger partial charge is 0.392 e. The molecular formula is C12H21N3O. The van der Waals surface area contributed by atoms with E-state index in [1.165, 1.54) is 0 Å². The first-order valence-electron chi connectivity index (χ1n) is 5.56. The molecule has 1 rings (SSSR count). The average molecular weight is 223 g/mol. The van der Waals surface area contributed by atoms with Crippen LogP contribution in [0, 0.1) is 0 Å². The topological polar surface area (TPSA) is 62.4 Å². The van der Waals surface area contributed by atoms with E-state index >= 15 is 0 Å². The van der Waals surface area contributed by atoms with E-state index in [-0.39, 0.29) is 18.2 Å². The van der Waals surface area contributed by atoms with Gasteiger partial charge in [0.2, 0.25) is 0 Å². The third kappa shape index (κ3) is 3.56. The Morgan fingerprint density at radius 1 is 1.38 bits per heavy atom. The lowest BCUT2D eigenvalue weighted by molar-refractivity contribution is 0.110. The number of aliphatic hydroxyl groups excluding tert-OH is 1. The fourth-order valence-corrected chi connectivity index (χ4v) is 2.05. The van der Waals surface area contributed by atoms with Crippen molar-refractivity contribution < 1.29 is 5.11 Å². The first kappa shape index (κ1) is 13.1. The Morgan fingerprint density at radius 3 is 2.38 bits per heavy atom. The monoisotopic (exact) mass is 223 g/mol. The summed E-state index contributed by atoms with van der Waals surface area (Å²) in [5.41, 5.74) is 7.13. The highest BCUT2D eigenvalue weighted by atomic mass is 16.3. The summed E-state index contributed by atoms with van der Waals surface area (Å²) < 4.78 is 0. The summed E-state index contributed by atoms with van der Waals surface area (Å²) in [6, 6.07) is 4.04. The van der Waals surface area contributed by atoms with E-state index in [1.807, 2.05) is 26.1 Å². The van der Waals surface area contributed by atoms with Crippen LogP contribution in [0.15, 0.2) is 24.5 Å². The van der Waals surface area contributed by atoms with Crippen molar-refractivity contribution >= 4 is 0 Å². The predicted molar refractivity (Wildman–Crippen MR) is 64.9 cm³/mol. The Hall–Kier alpha value is -0.970. The van der Waals surface area contributed by atoms with Gasteiger partial charge in [-0.05, 0) is 38.6 Å². The molecule has 3 unspecified atom stereocenters. The van der Waals surface area contributed by atoms with E-state index in [4.69, 9.17) is 5.73 Å². The van der Waals surface area contributed by atoms with E-state index in [2.05, 4.69) is 9.88 Å². The second kappa shape index (κ2) is 5.94. The molecule has 16 heavy (non-hydrogen) atoms. The first-order chi connectivity index (χ1) is 7.52. The first-order valence-corrected chi connectivity index (χ1v) is 5.56. The highest BCUT2D eigenvalue weighted by Gasteiger charge is 2.21. The minimum atomic E-state index is -0.354. The van der Waals surface area contributed by atoms with Gasteiger partial charge in [0.1, 0.15) is 0 Å². The molecule has 0 fully saturated rings. The van der Waals surface area contributed by atoms with Crippen LogP contribution in [0.2, 0.25) is 0 Å². The van der Waals surface area contributed by atoms with Gasteiger partial charge in [-0.2, -0.15) is 0 Å². The number of nitrogens with two attached hydrogens (primary N) is 1. The number of hydrogen-bond donors (Lipinski definition) is 2. The number of hydrogen-bond acceptors (Lipinski definition) is 4. The molecule has 0 amide bonds. The van der Waals surface area contributed by atoms with Gasteiger partial charge in [-0.1, -0.05) is 0 Å². The quantitative estimate of drug-likeness (QED) is 0.774. The number of aliphatic hydroxyl groups is 1. The van der Waals surface area contributed by atoms with Gasteiger partial charge in [0.15, 0.2) is 0 Å². The fraction of sp³-hybridized carbons (Fsp3) is 0.583. The smallest absolute Gasteiger partial charge is 0.0639 e. The van der Waals surface area contributed by atoms with Gasteiger partial charge >= 0.3 is 0 Å². The van der Waals surface area contributed by atoms with E-state index in [0.717, 1.165) is 5.56 Å². The van der Waals surface area contributed by atoms with Crippen LogP contribution in [-0.2, 0) is 0 Å². The predicted octanol–water partition coefficient (Wildman–Crippen LogP) is 0.783. The molecule has 0 radical (unpaired) electrons. The zero-order valence-corrected chi connectivity index (χ0v) is 10.2. The molecule has 3 atom stereocenters. The number of likely N-dealkylation sites (N-methyl/N-ethyl adjacent to an activating group) is 1. The average Bonchev–Trinajstić information content (AvgIpc) is 2.17. The van der Waals surface area contributed by atoms with E-state index in [1.54, 1.807) is 19.3 Å². The summed E-state index contributed by atoms with van der Waals surface area (Å²) in [6.45, 7) is 4.36.